The average Bonchev–Trinajstić information content (AvgIpc) is 3.04. The molecule has 1 aromatic carbocycles. The second-order valence-corrected chi connectivity index (χ2v) is 7.62. The number of carbonyl (C=O) groups is 1. The molecule has 0 unspecified atom stereocenters. The standard InChI is InChI=1S/C17H18ClN3O2S/c18-13-3-1-2-12(10-13)14-15(19-11-24-14)20-16(22)23-17-4-7-21(8-5-17)9-6-17/h1-3,10-11H,4-9H2,(H,20,22). The summed E-state index contributed by atoms with van der Waals surface area (Å²) in [5, 5.41) is 3.47. The molecule has 126 valence electrons. The maximum Gasteiger partial charge on any atom is 0.413 e. The number of benzene rings is 1. The second-order valence-electron chi connectivity index (χ2n) is 6.33. The van der Waals surface area contributed by atoms with E-state index in [1.807, 2.05) is 24.3 Å². The van der Waals surface area contributed by atoms with Crippen LogP contribution >= 0.6 is 22.9 Å². The predicted octanol–water partition coefficient (Wildman–Crippen LogP) is 4.25. The third-order valence-corrected chi connectivity index (χ3v) is 5.95. The number of piperidine rings is 3. The fraction of sp³-hybridized carbons (Fsp3) is 0.412. The van der Waals surface area contributed by atoms with Gasteiger partial charge in [0.1, 0.15) is 5.60 Å². The smallest absolute Gasteiger partial charge is 0.413 e. The van der Waals surface area contributed by atoms with Gasteiger partial charge in [0.25, 0.3) is 0 Å². The average molecular weight is 364 g/mol. The maximum atomic E-state index is 12.4. The van der Waals surface area contributed by atoms with Crippen molar-refractivity contribution in [2.75, 3.05) is 25.0 Å². The molecule has 5 nitrogen and oxygen atoms in total. The normalized spacial score (nSPS) is 25.5. The number of nitrogens with zero attached hydrogens (tertiary/aromatic N) is 2. The van der Waals surface area contributed by atoms with Crippen LogP contribution < -0.4 is 5.32 Å². The Balaban J connectivity index is 1.48. The van der Waals surface area contributed by atoms with Crippen LogP contribution in [0.3, 0.4) is 0 Å². The molecule has 1 N–H and O–H groups in total. The first kappa shape index (κ1) is 15.9. The molecule has 0 atom stereocenters. The molecule has 3 aliphatic heterocycles. The number of halogens is 1. The van der Waals surface area contributed by atoms with Gasteiger partial charge < -0.3 is 9.64 Å². The van der Waals surface area contributed by atoms with Gasteiger partial charge in [-0.1, -0.05) is 23.7 Å². The Morgan fingerprint density at radius 2 is 2.04 bits per heavy atom. The van der Waals surface area contributed by atoms with Crippen molar-refractivity contribution in [2.24, 2.45) is 0 Å². The van der Waals surface area contributed by atoms with Gasteiger partial charge in [-0.15, -0.1) is 11.3 Å². The summed E-state index contributed by atoms with van der Waals surface area (Å²) in [7, 11) is 0. The summed E-state index contributed by atoms with van der Waals surface area (Å²) in [6.07, 6.45) is 2.33. The van der Waals surface area contributed by atoms with Gasteiger partial charge in [0.05, 0.1) is 10.4 Å². The van der Waals surface area contributed by atoms with Crippen molar-refractivity contribution in [3.8, 4) is 10.4 Å². The first-order chi connectivity index (χ1) is 11.6. The van der Waals surface area contributed by atoms with Crippen molar-refractivity contribution in [3.63, 3.8) is 0 Å². The van der Waals surface area contributed by atoms with Crippen LogP contribution in [-0.4, -0.2) is 41.2 Å². The number of hydrogen-bond donors (Lipinski definition) is 1. The number of aromatic nitrogens is 1. The summed E-state index contributed by atoms with van der Waals surface area (Å²) in [6.45, 7) is 3.03. The number of hydrogen-bond acceptors (Lipinski definition) is 5. The summed E-state index contributed by atoms with van der Waals surface area (Å²) >= 11 is 7.52. The topological polar surface area (TPSA) is 54.5 Å². The number of amides is 1. The van der Waals surface area contributed by atoms with Gasteiger partial charge >= 0.3 is 6.09 Å². The molecule has 2 bridgehead atoms. The lowest BCUT2D eigenvalue weighted by atomic mass is 9.83. The number of rotatable bonds is 3. The van der Waals surface area contributed by atoms with Crippen molar-refractivity contribution in [3.05, 3.63) is 34.8 Å². The Morgan fingerprint density at radius 3 is 2.75 bits per heavy atom. The Morgan fingerprint density at radius 1 is 1.29 bits per heavy atom. The number of ether oxygens (including phenoxy) is 1. The van der Waals surface area contributed by atoms with Crippen LogP contribution in [0.5, 0.6) is 0 Å². The van der Waals surface area contributed by atoms with E-state index in [0.717, 1.165) is 49.3 Å². The SMILES string of the molecule is O=C(Nc1ncsc1-c1cccc(Cl)c1)OC12CCN(CC1)CC2. The van der Waals surface area contributed by atoms with Crippen molar-refractivity contribution < 1.29 is 9.53 Å². The van der Waals surface area contributed by atoms with Crippen LogP contribution in [0.1, 0.15) is 19.3 Å². The van der Waals surface area contributed by atoms with Gasteiger partial charge in [-0.25, -0.2) is 9.78 Å². The third-order valence-electron chi connectivity index (χ3n) is 4.83. The minimum Gasteiger partial charge on any atom is -0.443 e. The highest BCUT2D eigenvalue weighted by molar-refractivity contribution is 7.13. The molecule has 4 heterocycles. The van der Waals surface area contributed by atoms with Crippen LogP contribution in [0.2, 0.25) is 5.02 Å². The lowest BCUT2D eigenvalue weighted by Crippen LogP contribution is -2.54. The van der Waals surface area contributed by atoms with Gasteiger partial charge in [0, 0.05) is 43.9 Å². The fourth-order valence-electron chi connectivity index (χ4n) is 3.44. The molecular weight excluding hydrogens is 346 g/mol. The molecule has 2 aromatic rings. The Hall–Kier alpha value is -1.63. The molecule has 7 heteroatoms. The van der Waals surface area contributed by atoms with Gasteiger partial charge in [-0.05, 0) is 17.7 Å². The summed E-state index contributed by atoms with van der Waals surface area (Å²) in [5.41, 5.74) is 2.35. The molecule has 1 amide bonds. The largest absolute Gasteiger partial charge is 0.443 e. The molecule has 0 aliphatic carbocycles. The second kappa shape index (κ2) is 6.35. The van der Waals surface area contributed by atoms with Gasteiger partial charge in [-0.2, -0.15) is 0 Å². The molecule has 3 saturated heterocycles. The van der Waals surface area contributed by atoms with Crippen LogP contribution in [-0.2, 0) is 4.74 Å². The molecular formula is C17H18ClN3O2S. The summed E-state index contributed by atoms with van der Waals surface area (Å²) < 4.78 is 5.82. The van der Waals surface area contributed by atoms with E-state index in [1.54, 1.807) is 5.51 Å². The number of anilines is 1. The first-order valence-corrected chi connectivity index (χ1v) is 9.31. The zero-order valence-corrected chi connectivity index (χ0v) is 14.7. The minimum atomic E-state index is -0.417. The Labute approximate surface area is 149 Å². The van der Waals surface area contributed by atoms with Gasteiger partial charge in [0.2, 0.25) is 0 Å². The van der Waals surface area contributed by atoms with E-state index in [-0.39, 0.29) is 5.60 Å². The van der Waals surface area contributed by atoms with Crippen LogP contribution in [0.25, 0.3) is 10.4 Å². The molecule has 3 fully saturated rings. The highest BCUT2D eigenvalue weighted by Crippen LogP contribution is 2.36. The van der Waals surface area contributed by atoms with Crippen LogP contribution in [0, 0.1) is 0 Å². The molecule has 5 rings (SSSR count). The fourth-order valence-corrected chi connectivity index (χ4v) is 4.37. The molecule has 0 spiro atoms. The summed E-state index contributed by atoms with van der Waals surface area (Å²) in [4.78, 5) is 20.0. The first-order valence-electron chi connectivity index (χ1n) is 8.05. The number of carbonyl (C=O) groups excluding carboxylic acids is 1. The van der Waals surface area contributed by atoms with E-state index in [4.69, 9.17) is 16.3 Å². The molecule has 3 aliphatic rings. The molecule has 1 aromatic heterocycles. The van der Waals surface area contributed by atoms with Gasteiger partial charge in [0.15, 0.2) is 5.82 Å². The minimum absolute atomic E-state index is 0.301. The van der Waals surface area contributed by atoms with E-state index in [0.29, 0.717) is 10.8 Å². The third kappa shape index (κ3) is 3.14. The highest BCUT2D eigenvalue weighted by atomic mass is 35.5. The van der Waals surface area contributed by atoms with Crippen molar-refractivity contribution in [1.82, 2.24) is 9.88 Å². The molecule has 24 heavy (non-hydrogen) atoms. The maximum absolute atomic E-state index is 12.4. The quantitative estimate of drug-likeness (QED) is 0.885. The zero-order valence-electron chi connectivity index (χ0n) is 13.1. The monoisotopic (exact) mass is 363 g/mol. The lowest BCUT2D eigenvalue weighted by molar-refractivity contribution is -0.0742. The predicted molar refractivity (Wildman–Crippen MR) is 95.7 cm³/mol. The summed E-state index contributed by atoms with van der Waals surface area (Å²) in [6, 6.07) is 7.52. The molecule has 0 saturated carbocycles. The van der Waals surface area contributed by atoms with Gasteiger partial charge in [-0.3, -0.25) is 5.32 Å². The van der Waals surface area contributed by atoms with E-state index >= 15 is 0 Å². The van der Waals surface area contributed by atoms with E-state index < -0.39 is 6.09 Å². The number of nitrogens with one attached hydrogen (secondary N) is 1. The van der Waals surface area contributed by atoms with E-state index in [9.17, 15) is 4.79 Å². The molecule has 0 radical (unpaired) electrons. The van der Waals surface area contributed by atoms with E-state index in [2.05, 4.69) is 15.2 Å². The highest BCUT2D eigenvalue weighted by Gasteiger charge is 2.42. The Bertz CT molecular complexity index is 742. The zero-order chi connectivity index (χ0) is 16.6. The van der Waals surface area contributed by atoms with Crippen molar-refractivity contribution in [1.29, 1.82) is 0 Å². The van der Waals surface area contributed by atoms with Crippen LogP contribution in [0.4, 0.5) is 10.6 Å². The number of thiazole rings is 1. The Kier molecular flexibility index (Phi) is 4.20. The lowest BCUT2D eigenvalue weighted by Gasteiger charge is -2.47. The van der Waals surface area contributed by atoms with E-state index in [1.165, 1.54) is 11.3 Å². The van der Waals surface area contributed by atoms with Crippen molar-refractivity contribution >= 4 is 34.8 Å². The summed E-state index contributed by atoms with van der Waals surface area (Å²) in [5.74, 6) is 0.525. The van der Waals surface area contributed by atoms with Crippen molar-refractivity contribution in [2.45, 2.75) is 24.9 Å². The van der Waals surface area contributed by atoms with Crippen LogP contribution in [0.15, 0.2) is 29.8 Å². The number of fused-ring (bicyclic) bond motifs is 3.